The lowest BCUT2D eigenvalue weighted by atomic mass is 9.97. The van der Waals surface area contributed by atoms with Crippen molar-refractivity contribution in [2.45, 2.75) is 31.5 Å². The molecule has 2 fully saturated rings. The van der Waals surface area contributed by atoms with Gasteiger partial charge in [-0.15, -0.1) is 6.42 Å². The Bertz CT molecular complexity index is 1810. The Morgan fingerprint density at radius 3 is 2.68 bits per heavy atom. The highest BCUT2D eigenvalue weighted by Crippen LogP contribution is 2.35. The standard InChI is InChI=1S/C29H26FN9O2/c1-3-22-24(30)7-4-17-8-21(40)9-23(26(17)22)25-13-39(16-32-25)28-34-27(38-11-18-5-6-19(12-38)33-18)35-29(36-28)41-14-20-10-31-15-37(20)2/h1,4,7-10,13,15-16,18-19,33,40H,5-6,11-12,14H2,2H3. The van der Waals surface area contributed by atoms with Gasteiger partial charge in [0.1, 0.15) is 24.5 Å². The molecule has 0 radical (unpaired) electrons. The molecule has 2 aliphatic heterocycles. The van der Waals surface area contributed by atoms with Crippen LogP contribution in [0.25, 0.3) is 28.0 Å². The van der Waals surface area contributed by atoms with E-state index in [1.807, 2.05) is 11.6 Å². The first-order chi connectivity index (χ1) is 19.9. The van der Waals surface area contributed by atoms with Crippen LogP contribution in [-0.2, 0) is 13.7 Å². The Morgan fingerprint density at radius 1 is 1.12 bits per heavy atom. The van der Waals surface area contributed by atoms with Crippen LogP contribution in [0.1, 0.15) is 24.1 Å². The van der Waals surface area contributed by atoms with E-state index in [1.165, 1.54) is 12.1 Å². The highest BCUT2D eigenvalue weighted by atomic mass is 19.1. The Balaban J connectivity index is 1.29. The first kappa shape index (κ1) is 25.0. The Kier molecular flexibility index (Phi) is 6.01. The van der Waals surface area contributed by atoms with Crippen molar-refractivity contribution in [3.05, 3.63) is 66.4 Å². The van der Waals surface area contributed by atoms with E-state index >= 15 is 0 Å². The topological polar surface area (TPSA) is 119 Å². The second-order valence-electron chi connectivity index (χ2n) is 10.4. The van der Waals surface area contributed by atoms with Crippen molar-refractivity contribution in [1.29, 1.82) is 0 Å². The van der Waals surface area contributed by atoms with Crippen LogP contribution in [0.2, 0.25) is 0 Å². The predicted octanol–water partition coefficient (Wildman–Crippen LogP) is 2.96. The zero-order valence-corrected chi connectivity index (χ0v) is 22.2. The first-order valence-corrected chi connectivity index (χ1v) is 13.3. The number of phenols is 1. The smallest absolute Gasteiger partial charge is 0.323 e. The summed E-state index contributed by atoms with van der Waals surface area (Å²) in [5, 5.41) is 15.1. The Morgan fingerprint density at radius 2 is 1.93 bits per heavy atom. The lowest BCUT2D eigenvalue weighted by Gasteiger charge is -2.32. The monoisotopic (exact) mass is 551 g/mol. The molecule has 2 bridgehead atoms. The number of rotatable bonds is 6. The van der Waals surface area contributed by atoms with Gasteiger partial charge in [-0.1, -0.05) is 12.0 Å². The van der Waals surface area contributed by atoms with Gasteiger partial charge in [-0.05, 0) is 36.4 Å². The van der Waals surface area contributed by atoms with Gasteiger partial charge >= 0.3 is 6.01 Å². The fourth-order valence-corrected chi connectivity index (χ4v) is 5.62. The molecule has 2 unspecified atom stereocenters. The number of halogens is 1. The third kappa shape index (κ3) is 4.60. The maximum Gasteiger partial charge on any atom is 0.323 e. The summed E-state index contributed by atoms with van der Waals surface area (Å²) in [5.41, 5.74) is 1.93. The van der Waals surface area contributed by atoms with Gasteiger partial charge in [-0.25, -0.2) is 14.4 Å². The molecule has 2 aromatic carbocycles. The number of aromatic hydroxyl groups is 1. The number of fused-ring (bicyclic) bond motifs is 3. The third-order valence-corrected chi connectivity index (χ3v) is 7.64. The summed E-state index contributed by atoms with van der Waals surface area (Å²) in [4.78, 5) is 24.9. The number of ether oxygens (including phenoxy) is 1. The van der Waals surface area contributed by atoms with Crippen molar-refractivity contribution >= 4 is 16.7 Å². The highest BCUT2D eigenvalue weighted by molar-refractivity contribution is 6.01. The van der Waals surface area contributed by atoms with E-state index in [1.54, 1.807) is 41.7 Å². The van der Waals surface area contributed by atoms with Crippen molar-refractivity contribution in [1.82, 2.24) is 39.4 Å². The van der Waals surface area contributed by atoms with Crippen molar-refractivity contribution in [3.63, 3.8) is 0 Å². The quantitative estimate of drug-likeness (QED) is 0.307. The zero-order valence-electron chi connectivity index (χ0n) is 22.2. The van der Waals surface area contributed by atoms with E-state index in [0.29, 0.717) is 46.0 Å². The van der Waals surface area contributed by atoms with Gasteiger partial charge in [-0.3, -0.25) is 4.57 Å². The van der Waals surface area contributed by atoms with E-state index in [2.05, 4.69) is 36.1 Å². The van der Waals surface area contributed by atoms with Gasteiger partial charge in [0.2, 0.25) is 11.9 Å². The molecule has 5 heterocycles. The fraction of sp³-hybridized carbons (Fsp3) is 0.276. The summed E-state index contributed by atoms with van der Waals surface area (Å²) in [6, 6.07) is 6.88. The number of benzene rings is 2. The molecule has 206 valence electrons. The van der Waals surface area contributed by atoms with Crippen molar-refractivity contribution in [2.75, 3.05) is 18.0 Å². The number of anilines is 1. The molecule has 2 N–H and O–H groups in total. The molecule has 12 heteroatoms. The number of aromatic nitrogens is 7. The summed E-state index contributed by atoms with van der Waals surface area (Å²) >= 11 is 0. The third-order valence-electron chi connectivity index (χ3n) is 7.64. The number of nitrogens with one attached hydrogen (secondary N) is 1. The minimum atomic E-state index is -0.520. The maximum absolute atomic E-state index is 14.6. The van der Waals surface area contributed by atoms with Crippen LogP contribution < -0.4 is 15.0 Å². The normalized spacial score (nSPS) is 18.1. The van der Waals surface area contributed by atoms with Crippen LogP contribution in [0.4, 0.5) is 10.3 Å². The van der Waals surface area contributed by atoms with Gasteiger partial charge < -0.3 is 24.6 Å². The number of imidazole rings is 2. The molecular formula is C29H26FN9O2. The largest absolute Gasteiger partial charge is 0.508 e. The minimum absolute atomic E-state index is 0.0123. The maximum atomic E-state index is 14.6. The van der Waals surface area contributed by atoms with Gasteiger partial charge in [-0.2, -0.15) is 15.0 Å². The highest BCUT2D eigenvalue weighted by Gasteiger charge is 2.33. The first-order valence-electron chi connectivity index (χ1n) is 13.3. The average Bonchev–Trinajstić information content (AvgIpc) is 3.71. The molecule has 2 atom stereocenters. The van der Waals surface area contributed by atoms with Crippen LogP contribution in [0.5, 0.6) is 11.8 Å². The van der Waals surface area contributed by atoms with E-state index in [-0.39, 0.29) is 23.9 Å². The molecule has 0 aliphatic carbocycles. The van der Waals surface area contributed by atoms with Crippen LogP contribution in [-0.4, -0.2) is 64.3 Å². The SMILES string of the molecule is C#Cc1c(F)ccc2cc(O)cc(-c3cn(-c4nc(OCc5cncn5C)nc(N5CC6CCC(C5)N6)n4)cn3)c12. The van der Waals surface area contributed by atoms with Crippen LogP contribution in [0.3, 0.4) is 0 Å². The summed E-state index contributed by atoms with van der Waals surface area (Å²) in [7, 11) is 1.89. The Labute approximate surface area is 234 Å². The molecular weight excluding hydrogens is 525 g/mol. The van der Waals surface area contributed by atoms with Gasteiger partial charge in [0.25, 0.3) is 0 Å². The number of nitrogens with zero attached hydrogens (tertiary/aromatic N) is 8. The number of hydrogen-bond donors (Lipinski definition) is 2. The van der Waals surface area contributed by atoms with Crippen LogP contribution in [0, 0.1) is 18.2 Å². The van der Waals surface area contributed by atoms with Gasteiger partial charge in [0, 0.05) is 49.4 Å². The molecule has 3 aromatic heterocycles. The second kappa shape index (κ2) is 9.87. The molecule has 2 saturated heterocycles. The lowest BCUT2D eigenvalue weighted by Crippen LogP contribution is -2.51. The number of piperazine rings is 1. The van der Waals surface area contributed by atoms with E-state index in [9.17, 15) is 9.50 Å². The summed E-state index contributed by atoms with van der Waals surface area (Å²) in [5.74, 6) is 2.76. The summed E-state index contributed by atoms with van der Waals surface area (Å²) < 4.78 is 24.2. The van der Waals surface area contributed by atoms with Gasteiger partial charge in [0.05, 0.1) is 29.5 Å². The molecule has 0 amide bonds. The summed E-state index contributed by atoms with van der Waals surface area (Å²) in [6.07, 6.45) is 14.6. The molecule has 7 rings (SSSR count). The fourth-order valence-electron chi connectivity index (χ4n) is 5.62. The van der Waals surface area contributed by atoms with Crippen LogP contribution in [0.15, 0.2) is 49.3 Å². The van der Waals surface area contributed by atoms with Crippen molar-refractivity contribution in [3.8, 4) is 41.3 Å². The molecule has 11 nitrogen and oxygen atoms in total. The number of terminal acetylenes is 1. The van der Waals surface area contributed by atoms with Gasteiger partial charge in [0.15, 0.2) is 0 Å². The van der Waals surface area contributed by atoms with E-state index in [0.717, 1.165) is 31.6 Å². The lowest BCUT2D eigenvalue weighted by molar-refractivity contribution is 0.271. The van der Waals surface area contributed by atoms with Crippen molar-refractivity contribution in [2.24, 2.45) is 7.05 Å². The minimum Gasteiger partial charge on any atom is -0.508 e. The van der Waals surface area contributed by atoms with E-state index < -0.39 is 5.82 Å². The molecule has 41 heavy (non-hydrogen) atoms. The average molecular weight is 552 g/mol. The Hall–Kier alpha value is -5.02. The van der Waals surface area contributed by atoms with Crippen LogP contribution >= 0.6 is 0 Å². The number of aryl methyl sites for hydroxylation is 1. The van der Waals surface area contributed by atoms with E-state index in [4.69, 9.17) is 16.1 Å². The molecule has 5 aromatic rings. The molecule has 0 saturated carbocycles. The summed E-state index contributed by atoms with van der Waals surface area (Å²) in [6.45, 7) is 1.80. The van der Waals surface area contributed by atoms with Crippen molar-refractivity contribution < 1.29 is 14.2 Å². The molecule has 2 aliphatic rings. The zero-order chi connectivity index (χ0) is 28.1. The number of phenolic OH excluding ortho intramolecular Hbond substituents is 1. The second-order valence-corrected chi connectivity index (χ2v) is 10.4. The molecule has 0 spiro atoms. The predicted molar refractivity (Wildman–Crippen MR) is 149 cm³/mol. The number of hydrogen-bond acceptors (Lipinski definition) is 9.